The van der Waals surface area contributed by atoms with Crippen molar-refractivity contribution in [3.63, 3.8) is 0 Å². The smallest absolute Gasteiger partial charge is 0.0722 e. The van der Waals surface area contributed by atoms with E-state index in [0.29, 0.717) is 0 Å². The highest BCUT2D eigenvalue weighted by atomic mass is 16.3. The molecule has 0 aromatic heterocycles. The summed E-state index contributed by atoms with van der Waals surface area (Å²) in [7, 11) is 0. The van der Waals surface area contributed by atoms with Crippen LogP contribution in [-0.2, 0) is 0 Å². The quantitative estimate of drug-likeness (QED) is 0.338. The summed E-state index contributed by atoms with van der Waals surface area (Å²) in [5.74, 6) is 0. The first-order valence-corrected chi connectivity index (χ1v) is 2.50. The molecule has 0 aliphatic carbocycles. The molecule has 4 heteroatoms. The highest BCUT2D eigenvalue weighted by Gasteiger charge is 1.70. The molecule has 0 saturated heterocycles. The molecule has 1 N–H and O–H groups in total. The summed E-state index contributed by atoms with van der Waals surface area (Å²) < 4.78 is 0. The molecule has 0 fully saturated rings. The van der Waals surface area contributed by atoms with E-state index in [1.807, 2.05) is 12.5 Å². The maximum Gasteiger partial charge on any atom is 0.0722 e. The Morgan fingerprint density at radius 3 is 3.00 bits per heavy atom. The Bertz CT molecular complexity index is 81.4. The normalized spacial score (nSPS) is 9.62. The summed E-state index contributed by atoms with van der Waals surface area (Å²) in [5.41, 5.74) is 1.92. The molecule has 0 heterocycles. The van der Waals surface area contributed by atoms with Crippen molar-refractivity contribution in [1.29, 1.82) is 0 Å². The molecule has 8 heavy (non-hydrogen) atoms. The van der Waals surface area contributed by atoms with E-state index >= 15 is 0 Å². The molecule has 0 radical (unpaired) electrons. The van der Waals surface area contributed by atoms with E-state index < -0.39 is 0 Å². The fourth-order valence-corrected chi connectivity index (χ4v) is 0.258. The van der Waals surface area contributed by atoms with E-state index in [1.54, 1.807) is 6.21 Å². The van der Waals surface area contributed by atoms with Crippen molar-refractivity contribution >= 4 is 6.21 Å². The summed E-state index contributed by atoms with van der Waals surface area (Å²) in [6.45, 7) is 2.03. The molecule has 0 aromatic carbocycles. The minimum atomic E-state index is 0.878. The Balaban J connectivity index is 2.94. The molecule has 4 nitrogen and oxygen atoms in total. The van der Waals surface area contributed by atoms with E-state index in [-0.39, 0.29) is 0 Å². The van der Waals surface area contributed by atoms with Gasteiger partial charge in [0.25, 0.3) is 0 Å². The van der Waals surface area contributed by atoms with E-state index in [2.05, 4.69) is 10.4 Å². The second-order valence-electron chi connectivity index (χ2n) is 1.29. The van der Waals surface area contributed by atoms with Gasteiger partial charge in [0.05, 0.1) is 5.29 Å². The number of unbranched alkanes of at least 4 members (excludes halogenated alkanes) is 1. The van der Waals surface area contributed by atoms with Crippen molar-refractivity contribution < 1.29 is 0 Å². The zero-order valence-electron chi connectivity index (χ0n) is 4.79. The van der Waals surface area contributed by atoms with Crippen LogP contribution in [0.4, 0.5) is 0 Å². The minimum Gasteiger partial charge on any atom is -0.168 e. The van der Waals surface area contributed by atoms with Gasteiger partial charge < -0.3 is 0 Å². The van der Waals surface area contributed by atoms with Crippen LogP contribution < -0.4 is 5.53 Å². The first-order valence-electron chi connectivity index (χ1n) is 2.50. The average molecular weight is 115 g/mol. The van der Waals surface area contributed by atoms with Crippen LogP contribution in [-0.4, -0.2) is 6.21 Å². The van der Waals surface area contributed by atoms with Crippen molar-refractivity contribution in [2.24, 2.45) is 10.4 Å². The van der Waals surface area contributed by atoms with Crippen LogP contribution in [0, 0.1) is 4.91 Å². The van der Waals surface area contributed by atoms with Crippen molar-refractivity contribution in [2.75, 3.05) is 0 Å². The Labute approximate surface area is 47.9 Å². The highest BCUT2D eigenvalue weighted by molar-refractivity contribution is 5.56. The van der Waals surface area contributed by atoms with Crippen molar-refractivity contribution in [1.82, 2.24) is 5.53 Å². The van der Waals surface area contributed by atoms with Crippen molar-refractivity contribution in [3.8, 4) is 0 Å². The van der Waals surface area contributed by atoms with Gasteiger partial charge in [-0.2, -0.15) is 10.6 Å². The summed E-state index contributed by atoms with van der Waals surface area (Å²) in [5, 5.41) is 5.73. The van der Waals surface area contributed by atoms with Gasteiger partial charge in [0, 0.05) is 6.21 Å². The Hall–Kier alpha value is -0.930. The lowest BCUT2D eigenvalue weighted by atomic mass is 10.4. The summed E-state index contributed by atoms with van der Waals surface area (Å²) in [4.78, 5) is 9.29. The monoisotopic (exact) mass is 115 g/mol. The molecular weight excluding hydrogens is 106 g/mol. The maximum atomic E-state index is 9.29. The van der Waals surface area contributed by atoms with E-state index in [0.717, 1.165) is 12.8 Å². The Kier molecular flexibility index (Phi) is 5.36. The van der Waals surface area contributed by atoms with Gasteiger partial charge in [-0.05, 0) is 6.42 Å². The fourth-order valence-electron chi connectivity index (χ4n) is 0.258. The number of nitrogens with zero attached hydrogens (tertiary/aromatic N) is 2. The molecular formula is C4H9N3O. The molecule has 46 valence electrons. The molecule has 0 atom stereocenters. The van der Waals surface area contributed by atoms with Gasteiger partial charge in [0.2, 0.25) is 0 Å². The lowest BCUT2D eigenvalue weighted by Crippen LogP contribution is -1.90. The lowest BCUT2D eigenvalue weighted by molar-refractivity contribution is 0.796. The molecule has 0 aliphatic rings. The SMILES string of the molecule is CCC/C=N\NN=O. The van der Waals surface area contributed by atoms with Crippen LogP contribution in [0.2, 0.25) is 0 Å². The Morgan fingerprint density at radius 2 is 2.50 bits per heavy atom. The summed E-state index contributed by atoms with van der Waals surface area (Å²) in [6.07, 6.45) is 3.52. The molecule has 0 saturated carbocycles. The molecule has 0 spiro atoms. The predicted molar refractivity (Wildman–Crippen MR) is 32.3 cm³/mol. The van der Waals surface area contributed by atoms with Crippen LogP contribution in [0.15, 0.2) is 10.4 Å². The standard InChI is InChI=1S/C4H9N3O/c1-2-3-4-5-6-7-8/h4H,2-3H2,1H3,(H,6,8)/b5-4-. The van der Waals surface area contributed by atoms with Gasteiger partial charge in [0.15, 0.2) is 0 Å². The third kappa shape index (κ3) is 5.07. The summed E-state index contributed by atoms with van der Waals surface area (Å²) >= 11 is 0. The predicted octanol–water partition coefficient (Wildman–Crippen LogP) is 1.04. The highest BCUT2D eigenvalue weighted by Crippen LogP contribution is 1.78. The van der Waals surface area contributed by atoms with E-state index in [9.17, 15) is 4.91 Å². The van der Waals surface area contributed by atoms with Gasteiger partial charge in [-0.1, -0.05) is 13.3 Å². The van der Waals surface area contributed by atoms with E-state index in [4.69, 9.17) is 0 Å². The number of nitroso groups, excluding NO2 is 1. The molecule has 0 aliphatic heterocycles. The second kappa shape index (κ2) is 6.07. The van der Waals surface area contributed by atoms with Crippen LogP contribution in [0.3, 0.4) is 0 Å². The molecule has 0 rings (SSSR count). The number of rotatable bonds is 4. The largest absolute Gasteiger partial charge is 0.168 e. The third-order valence-corrected chi connectivity index (χ3v) is 0.608. The summed E-state index contributed by atoms with van der Waals surface area (Å²) in [6, 6.07) is 0. The van der Waals surface area contributed by atoms with Gasteiger partial charge in [-0.15, -0.1) is 4.91 Å². The topological polar surface area (TPSA) is 53.8 Å². The van der Waals surface area contributed by atoms with Gasteiger partial charge in [0.1, 0.15) is 0 Å². The zero-order valence-corrected chi connectivity index (χ0v) is 4.79. The first-order chi connectivity index (χ1) is 3.91. The number of nitrogens with one attached hydrogen (secondary N) is 1. The first kappa shape index (κ1) is 7.07. The number of hydrogen-bond donors (Lipinski definition) is 1. The fraction of sp³-hybridized carbons (Fsp3) is 0.750. The zero-order chi connectivity index (χ0) is 6.24. The average Bonchev–Trinajstić information content (AvgIpc) is 1.81. The Morgan fingerprint density at radius 1 is 1.75 bits per heavy atom. The molecule has 0 amide bonds. The van der Waals surface area contributed by atoms with Crippen molar-refractivity contribution in [3.05, 3.63) is 4.91 Å². The van der Waals surface area contributed by atoms with Crippen LogP contribution >= 0.6 is 0 Å². The van der Waals surface area contributed by atoms with Gasteiger partial charge in [-0.3, -0.25) is 0 Å². The van der Waals surface area contributed by atoms with Gasteiger partial charge >= 0.3 is 0 Å². The van der Waals surface area contributed by atoms with Gasteiger partial charge in [-0.25, -0.2) is 0 Å². The third-order valence-electron chi connectivity index (χ3n) is 0.608. The maximum absolute atomic E-state index is 9.29. The van der Waals surface area contributed by atoms with Crippen LogP contribution in [0.5, 0.6) is 0 Å². The van der Waals surface area contributed by atoms with Crippen LogP contribution in [0.25, 0.3) is 0 Å². The van der Waals surface area contributed by atoms with E-state index in [1.165, 1.54) is 0 Å². The molecule has 0 unspecified atom stereocenters. The number of hydrazone groups is 1. The lowest BCUT2D eigenvalue weighted by Gasteiger charge is -1.80. The second-order valence-corrected chi connectivity index (χ2v) is 1.29. The minimum absolute atomic E-state index is 0.878. The number of hydrogen-bond acceptors (Lipinski definition) is 3. The van der Waals surface area contributed by atoms with Crippen LogP contribution in [0.1, 0.15) is 19.8 Å². The van der Waals surface area contributed by atoms with Crippen molar-refractivity contribution in [2.45, 2.75) is 19.8 Å². The molecule has 0 bridgehead atoms. The molecule has 0 aromatic rings.